The van der Waals surface area contributed by atoms with Gasteiger partial charge in [-0.05, 0) is 61.7 Å². The zero-order valence-corrected chi connectivity index (χ0v) is 19.2. The van der Waals surface area contributed by atoms with Crippen molar-refractivity contribution in [2.45, 2.75) is 32.9 Å². The minimum absolute atomic E-state index is 0.337. The molecule has 4 aromatic rings. The molecule has 1 aromatic heterocycles. The first-order valence-electron chi connectivity index (χ1n) is 10.7. The molecule has 0 amide bonds. The van der Waals surface area contributed by atoms with Crippen LogP contribution in [0.2, 0.25) is 0 Å². The van der Waals surface area contributed by atoms with Crippen LogP contribution in [0.3, 0.4) is 0 Å². The maximum absolute atomic E-state index is 12.7. The Morgan fingerprint density at radius 2 is 1.67 bits per heavy atom. The standard InChI is InChI=1S/C27H26N2O4/c1-27(2,3)33-26(31)23-8-6-5-7-22(23)19-11-9-18(10-12-19)17-29-24-14-13-20(25(30)32-4)15-21(24)16-28-29/h5-16H,17H2,1-4H3. The highest BCUT2D eigenvalue weighted by molar-refractivity contribution is 5.97. The summed E-state index contributed by atoms with van der Waals surface area (Å²) in [5, 5.41) is 5.35. The predicted molar refractivity (Wildman–Crippen MR) is 127 cm³/mol. The number of nitrogens with zero attached hydrogens (tertiary/aromatic N) is 2. The fourth-order valence-electron chi connectivity index (χ4n) is 3.67. The van der Waals surface area contributed by atoms with E-state index in [0.717, 1.165) is 27.6 Å². The quantitative estimate of drug-likeness (QED) is 0.382. The topological polar surface area (TPSA) is 70.4 Å². The first kappa shape index (κ1) is 22.3. The molecule has 0 atom stereocenters. The Labute approximate surface area is 192 Å². The summed E-state index contributed by atoms with van der Waals surface area (Å²) in [7, 11) is 1.37. The van der Waals surface area contributed by atoms with Crippen molar-refractivity contribution in [3.05, 3.63) is 89.6 Å². The van der Waals surface area contributed by atoms with Crippen molar-refractivity contribution < 1.29 is 19.1 Å². The van der Waals surface area contributed by atoms with Gasteiger partial charge >= 0.3 is 11.9 Å². The summed E-state index contributed by atoms with van der Waals surface area (Å²) in [6, 6.07) is 20.9. The van der Waals surface area contributed by atoms with Crippen LogP contribution in [0.5, 0.6) is 0 Å². The molecular formula is C27H26N2O4. The third-order valence-corrected chi connectivity index (χ3v) is 5.21. The van der Waals surface area contributed by atoms with Gasteiger partial charge in [0.05, 0.1) is 36.5 Å². The molecule has 168 valence electrons. The molecule has 0 N–H and O–H groups in total. The highest BCUT2D eigenvalue weighted by Gasteiger charge is 2.20. The minimum atomic E-state index is -0.557. The molecule has 1 heterocycles. The van der Waals surface area contributed by atoms with Gasteiger partial charge in [-0.2, -0.15) is 5.10 Å². The maximum atomic E-state index is 12.7. The lowest BCUT2D eigenvalue weighted by Gasteiger charge is -2.20. The van der Waals surface area contributed by atoms with Gasteiger partial charge in [-0.15, -0.1) is 0 Å². The summed E-state index contributed by atoms with van der Waals surface area (Å²) in [5.41, 5.74) is 4.25. The number of rotatable bonds is 5. The molecule has 6 nitrogen and oxygen atoms in total. The number of carbonyl (C=O) groups excluding carboxylic acids is 2. The Hall–Kier alpha value is -3.93. The number of carbonyl (C=O) groups is 2. The van der Waals surface area contributed by atoms with Gasteiger partial charge in [0.1, 0.15) is 5.60 Å². The summed E-state index contributed by atoms with van der Waals surface area (Å²) < 4.78 is 12.2. The van der Waals surface area contributed by atoms with E-state index in [0.29, 0.717) is 17.7 Å². The SMILES string of the molecule is COC(=O)c1ccc2c(cnn2Cc2ccc(-c3ccccc3C(=O)OC(C)(C)C)cc2)c1. The van der Waals surface area contributed by atoms with Gasteiger partial charge in [-0.25, -0.2) is 9.59 Å². The van der Waals surface area contributed by atoms with Gasteiger partial charge < -0.3 is 9.47 Å². The lowest BCUT2D eigenvalue weighted by atomic mass is 9.98. The Morgan fingerprint density at radius 3 is 2.36 bits per heavy atom. The Morgan fingerprint density at radius 1 is 0.939 bits per heavy atom. The molecule has 0 aliphatic heterocycles. The molecule has 0 spiro atoms. The van der Waals surface area contributed by atoms with Crippen LogP contribution < -0.4 is 0 Å². The highest BCUT2D eigenvalue weighted by atomic mass is 16.6. The van der Waals surface area contributed by atoms with E-state index < -0.39 is 5.60 Å². The van der Waals surface area contributed by atoms with E-state index in [4.69, 9.17) is 9.47 Å². The molecule has 0 radical (unpaired) electrons. The molecule has 0 bridgehead atoms. The normalized spacial score (nSPS) is 11.4. The zero-order chi connectivity index (χ0) is 23.6. The second-order valence-electron chi connectivity index (χ2n) is 8.81. The number of ether oxygens (including phenoxy) is 2. The first-order chi connectivity index (χ1) is 15.7. The molecular weight excluding hydrogens is 416 g/mol. The second kappa shape index (κ2) is 8.90. The van der Waals surface area contributed by atoms with Gasteiger partial charge in [-0.1, -0.05) is 42.5 Å². The summed E-state index contributed by atoms with van der Waals surface area (Å²) in [6.45, 7) is 6.15. The van der Waals surface area contributed by atoms with Crippen LogP contribution in [-0.4, -0.2) is 34.4 Å². The Bertz CT molecular complexity index is 1310. The number of methoxy groups -OCH3 is 1. The van der Waals surface area contributed by atoms with Gasteiger partial charge in [0.15, 0.2) is 0 Å². The molecule has 3 aromatic carbocycles. The molecule has 0 aliphatic carbocycles. The lowest BCUT2D eigenvalue weighted by Crippen LogP contribution is -2.24. The highest BCUT2D eigenvalue weighted by Crippen LogP contribution is 2.26. The fraction of sp³-hybridized carbons (Fsp3) is 0.222. The fourth-order valence-corrected chi connectivity index (χ4v) is 3.67. The molecule has 4 rings (SSSR count). The van der Waals surface area contributed by atoms with E-state index in [1.807, 2.05) is 74.0 Å². The van der Waals surface area contributed by atoms with E-state index in [2.05, 4.69) is 5.10 Å². The summed E-state index contributed by atoms with van der Waals surface area (Å²) >= 11 is 0. The molecule has 0 saturated carbocycles. The van der Waals surface area contributed by atoms with Gasteiger partial charge in [0.25, 0.3) is 0 Å². The van der Waals surface area contributed by atoms with Crippen molar-refractivity contribution in [3.8, 4) is 11.1 Å². The second-order valence-corrected chi connectivity index (χ2v) is 8.81. The summed E-state index contributed by atoms with van der Waals surface area (Å²) in [6.07, 6.45) is 1.74. The van der Waals surface area contributed by atoms with Gasteiger partial charge in [0.2, 0.25) is 0 Å². The predicted octanol–water partition coefficient (Wildman–Crippen LogP) is 5.49. The number of hydrogen-bond donors (Lipinski definition) is 0. The lowest BCUT2D eigenvalue weighted by molar-refractivity contribution is 0.00702. The van der Waals surface area contributed by atoms with Crippen molar-refractivity contribution >= 4 is 22.8 Å². The van der Waals surface area contributed by atoms with Crippen molar-refractivity contribution in [3.63, 3.8) is 0 Å². The van der Waals surface area contributed by atoms with E-state index in [1.165, 1.54) is 7.11 Å². The van der Waals surface area contributed by atoms with Crippen LogP contribution >= 0.6 is 0 Å². The molecule has 0 aliphatic rings. The summed E-state index contributed by atoms with van der Waals surface area (Å²) in [4.78, 5) is 24.4. The number of esters is 2. The summed E-state index contributed by atoms with van der Waals surface area (Å²) in [5.74, 6) is -0.705. The number of benzene rings is 3. The average molecular weight is 443 g/mol. The van der Waals surface area contributed by atoms with Crippen LogP contribution in [0, 0.1) is 0 Å². The van der Waals surface area contributed by atoms with E-state index in [1.54, 1.807) is 24.4 Å². The average Bonchev–Trinajstić information content (AvgIpc) is 3.20. The van der Waals surface area contributed by atoms with Crippen LogP contribution in [-0.2, 0) is 16.0 Å². The maximum Gasteiger partial charge on any atom is 0.339 e. The Kier molecular flexibility index (Phi) is 6.01. The molecule has 0 fully saturated rings. The smallest absolute Gasteiger partial charge is 0.339 e. The molecule has 33 heavy (non-hydrogen) atoms. The molecule has 0 saturated heterocycles. The number of fused-ring (bicyclic) bond motifs is 1. The van der Waals surface area contributed by atoms with Crippen molar-refractivity contribution in [1.82, 2.24) is 9.78 Å². The van der Waals surface area contributed by atoms with Gasteiger partial charge in [0, 0.05) is 5.39 Å². The van der Waals surface area contributed by atoms with Crippen LogP contribution in [0.4, 0.5) is 0 Å². The monoisotopic (exact) mass is 442 g/mol. The van der Waals surface area contributed by atoms with Crippen molar-refractivity contribution in [2.24, 2.45) is 0 Å². The van der Waals surface area contributed by atoms with Crippen LogP contribution in [0.15, 0.2) is 72.9 Å². The molecule has 0 unspecified atom stereocenters. The third-order valence-electron chi connectivity index (χ3n) is 5.21. The first-order valence-corrected chi connectivity index (χ1v) is 10.7. The van der Waals surface area contributed by atoms with E-state index in [9.17, 15) is 9.59 Å². The largest absolute Gasteiger partial charge is 0.465 e. The van der Waals surface area contributed by atoms with Crippen molar-refractivity contribution in [2.75, 3.05) is 7.11 Å². The zero-order valence-electron chi connectivity index (χ0n) is 19.2. The Balaban J connectivity index is 1.57. The van der Waals surface area contributed by atoms with Crippen LogP contribution in [0.25, 0.3) is 22.0 Å². The van der Waals surface area contributed by atoms with Crippen LogP contribution in [0.1, 0.15) is 47.1 Å². The number of hydrogen-bond acceptors (Lipinski definition) is 5. The van der Waals surface area contributed by atoms with Gasteiger partial charge in [-0.3, -0.25) is 4.68 Å². The minimum Gasteiger partial charge on any atom is -0.465 e. The molecule has 6 heteroatoms. The van der Waals surface area contributed by atoms with E-state index in [-0.39, 0.29) is 11.9 Å². The van der Waals surface area contributed by atoms with Crippen molar-refractivity contribution in [1.29, 1.82) is 0 Å². The number of aromatic nitrogens is 2. The van der Waals surface area contributed by atoms with E-state index >= 15 is 0 Å². The third kappa shape index (κ3) is 4.95.